The van der Waals surface area contributed by atoms with Crippen molar-refractivity contribution in [3.63, 3.8) is 0 Å². The fraction of sp³-hybridized carbons (Fsp3) is 0.143. The predicted molar refractivity (Wildman–Crippen MR) is 78.3 cm³/mol. The monoisotopic (exact) mass is 308 g/mol. The molecule has 0 saturated heterocycles. The first-order valence-corrected chi connectivity index (χ1v) is 6.96. The number of carboxylic acid groups (broad SMARTS) is 1. The Hall–Kier alpha value is -2.41. The van der Waals surface area contributed by atoms with Crippen LogP contribution in [0.2, 0.25) is 0 Å². The van der Waals surface area contributed by atoms with Gasteiger partial charge in [-0.2, -0.15) is 0 Å². The summed E-state index contributed by atoms with van der Waals surface area (Å²) in [7, 11) is 0. The zero-order valence-electron chi connectivity index (χ0n) is 11.1. The molecule has 0 radical (unpaired) electrons. The first-order valence-electron chi connectivity index (χ1n) is 6.08. The minimum atomic E-state index is -1.31. The summed E-state index contributed by atoms with van der Waals surface area (Å²) in [5, 5.41) is 15.9. The molecule has 7 heteroatoms. The highest BCUT2D eigenvalue weighted by Crippen LogP contribution is 2.18. The van der Waals surface area contributed by atoms with E-state index in [0.717, 1.165) is 22.6 Å². The predicted octanol–water partition coefficient (Wildman–Crippen LogP) is 3.22. The van der Waals surface area contributed by atoms with Crippen LogP contribution in [-0.2, 0) is 6.54 Å². The Morgan fingerprint density at radius 2 is 2.10 bits per heavy atom. The highest BCUT2D eigenvalue weighted by atomic mass is 32.1. The smallest absolute Gasteiger partial charge is 0.337 e. The number of carbonyl (C=O) groups excluding carboxylic acids is 1. The number of anilines is 1. The Morgan fingerprint density at radius 1 is 1.33 bits per heavy atom. The summed E-state index contributed by atoms with van der Waals surface area (Å²) >= 11 is 1.52. The zero-order valence-corrected chi connectivity index (χ0v) is 12.0. The number of aromatic carboxylic acids is 1. The van der Waals surface area contributed by atoms with Crippen molar-refractivity contribution in [2.24, 2.45) is 0 Å². The maximum Gasteiger partial charge on any atom is 0.337 e. The number of carboxylic acids is 1. The maximum atomic E-state index is 13.0. The van der Waals surface area contributed by atoms with E-state index < -0.39 is 17.8 Å². The summed E-state index contributed by atoms with van der Waals surface area (Å²) in [6.07, 6.45) is 0. The molecule has 0 atom stereocenters. The fourth-order valence-corrected chi connectivity index (χ4v) is 2.56. The summed E-state index contributed by atoms with van der Waals surface area (Å²) < 4.78 is 13.0. The van der Waals surface area contributed by atoms with Gasteiger partial charge < -0.3 is 15.7 Å². The van der Waals surface area contributed by atoms with E-state index in [-0.39, 0.29) is 11.3 Å². The van der Waals surface area contributed by atoms with E-state index in [1.807, 2.05) is 18.4 Å². The van der Waals surface area contributed by atoms with Gasteiger partial charge in [-0.3, -0.25) is 0 Å². The second-order valence-electron chi connectivity index (χ2n) is 4.33. The zero-order chi connectivity index (χ0) is 15.4. The van der Waals surface area contributed by atoms with Crippen LogP contribution in [0.15, 0.2) is 29.6 Å². The molecule has 2 amide bonds. The number of thiophene rings is 1. The fourth-order valence-electron chi connectivity index (χ4n) is 1.71. The Balaban J connectivity index is 2.03. The molecule has 21 heavy (non-hydrogen) atoms. The molecule has 0 unspecified atom stereocenters. The quantitative estimate of drug-likeness (QED) is 0.811. The van der Waals surface area contributed by atoms with Gasteiger partial charge in [0.25, 0.3) is 0 Å². The number of aryl methyl sites for hydroxylation is 1. The number of rotatable bonds is 4. The van der Waals surface area contributed by atoms with Crippen LogP contribution < -0.4 is 10.6 Å². The molecular weight excluding hydrogens is 295 g/mol. The normalized spacial score (nSPS) is 10.2. The van der Waals surface area contributed by atoms with Gasteiger partial charge in [-0.05, 0) is 42.1 Å². The summed E-state index contributed by atoms with van der Waals surface area (Å²) in [6.45, 7) is 2.28. The van der Waals surface area contributed by atoms with Gasteiger partial charge >= 0.3 is 12.0 Å². The van der Waals surface area contributed by atoms with Crippen molar-refractivity contribution < 1.29 is 19.1 Å². The standard InChI is InChI=1S/C14H13FN2O3S/c1-8-4-5-21-12(8)7-16-14(20)17-11-3-2-9(15)6-10(11)13(18)19/h2-6H,7H2,1H3,(H,18,19)(H2,16,17,20). The second-order valence-corrected chi connectivity index (χ2v) is 5.33. The van der Waals surface area contributed by atoms with Crippen LogP contribution in [0.5, 0.6) is 0 Å². The van der Waals surface area contributed by atoms with Gasteiger partial charge in [0.2, 0.25) is 0 Å². The molecule has 0 fully saturated rings. The molecule has 0 spiro atoms. The lowest BCUT2D eigenvalue weighted by molar-refractivity contribution is 0.0697. The third kappa shape index (κ3) is 3.79. The van der Waals surface area contributed by atoms with Gasteiger partial charge in [-0.25, -0.2) is 14.0 Å². The Bertz CT molecular complexity index is 685. The van der Waals surface area contributed by atoms with Crippen molar-refractivity contribution in [1.29, 1.82) is 0 Å². The average Bonchev–Trinajstić information content (AvgIpc) is 2.84. The van der Waals surface area contributed by atoms with Crippen molar-refractivity contribution in [2.75, 3.05) is 5.32 Å². The van der Waals surface area contributed by atoms with Crippen molar-refractivity contribution in [2.45, 2.75) is 13.5 Å². The molecule has 110 valence electrons. The molecule has 2 aromatic rings. The third-order valence-electron chi connectivity index (χ3n) is 2.84. The summed E-state index contributed by atoms with van der Waals surface area (Å²) in [5.74, 6) is -1.98. The number of carbonyl (C=O) groups is 2. The van der Waals surface area contributed by atoms with Gasteiger partial charge in [-0.1, -0.05) is 0 Å². The van der Waals surface area contributed by atoms with Crippen molar-refractivity contribution in [3.8, 4) is 0 Å². The first-order chi connectivity index (χ1) is 9.97. The third-order valence-corrected chi connectivity index (χ3v) is 3.86. The number of amides is 2. The lowest BCUT2D eigenvalue weighted by Crippen LogP contribution is -2.28. The highest BCUT2D eigenvalue weighted by molar-refractivity contribution is 7.10. The van der Waals surface area contributed by atoms with Gasteiger partial charge in [0, 0.05) is 4.88 Å². The van der Waals surface area contributed by atoms with Crippen molar-refractivity contribution in [3.05, 3.63) is 51.5 Å². The molecule has 1 heterocycles. The molecule has 0 aliphatic heterocycles. The summed E-state index contributed by atoms with van der Waals surface area (Å²) in [5.41, 5.74) is 0.829. The van der Waals surface area contributed by atoms with Gasteiger partial charge in [0.15, 0.2) is 0 Å². The second kappa shape index (κ2) is 6.36. The summed E-state index contributed by atoms with van der Waals surface area (Å²) in [4.78, 5) is 23.8. The van der Waals surface area contributed by atoms with E-state index in [1.54, 1.807) is 0 Å². The largest absolute Gasteiger partial charge is 0.478 e. The molecule has 2 rings (SSSR count). The van der Waals surface area contributed by atoms with Crippen LogP contribution in [0, 0.1) is 12.7 Å². The number of nitrogens with one attached hydrogen (secondary N) is 2. The molecule has 0 aliphatic carbocycles. The van der Waals surface area contributed by atoms with Crippen LogP contribution in [-0.4, -0.2) is 17.1 Å². The van der Waals surface area contributed by atoms with Crippen LogP contribution >= 0.6 is 11.3 Å². The Labute approximate surface area is 124 Å². The topological polar surface area (TPSA) is 78.4 Å². The average molecular weight is 308 g/mol. The van der Waals surface area contributed by atoms with E-state index >= 15 is 0 Å². The van der Waals surface area contributed by atoms with E-state index in [1.165, 1.54) is 17.4 Å². The molecule has 0 aliphatic rings. The number of hydrogen-bond acceptors (Lipinski definition) is 3. The van der Waals surface area contributed by atoms with Crippen LogP contribution in [0.4, 0.5) is 14.9 Å². The minimum absolute atomic E-state index is 0.0456. The van der Waals surface area contributed by atoms with Crippen LogP contribution in [0.3, 0.4) is 0 Å². The van der Waals surface area contributed by atoms with Crippen molar-refractivity contribution >= 4 is 29.0 Å². The number of halogens is 1. The van der Waals surface area contributed by atoms with Crippen molar-refractivity contribution in [1.82, 2.24) is 5.32 Å². The highest BCUT2D eigenvalue weighted by Gasteiger charge is 2.13. The molecule has 0 saturated carbocycles. The van der Waals surface area contributed by atoms with E-state index in [9.17, 15) is 14.0 Å². The molecule has 1 aromatic carbocycles. The van der Waals surface area contributed by atoms with Gasteiger partial charge in [0.05, 0.1) is 17.8 Å². The number of urea groups is 1. The maximum absolute atomic E-state index is 13.0. The lowest BCUT2D eigenvalue weighted by Gasteiger charge is -2.10. The Kier molecular flexibility index (Phi) is 4.54. The lowest BCUT2D eigenvalue weighted by atomic mass is 10.2. The van der Waals surface area contributed by atoms with E-state index in [2.05, 4.69) is 10.6 Å². The van der Waals surface area contributed by atoms with E-state index in [0.29, 0.717) is 6.54 Å². The molecule has 1 aromatic heterocycles. The van der Waals surface area contributed by atoms with Crippen LogP contribution in [0.25, 0.3) is 0 Å². The SMILES string of the molecule is Cc1ccsc1CNC(=O)Nc1ccc(F)cc1C(=O)O. The summed E-state index contributed by atoms with van der Waals surface area (Å²) in [6, 6.07) is 4.57. The number of benzene rings is 1. The van der Waals surface area contributed by atoms with Gasteiger partial charge in [0.1, 0.15) is 5.82 Å². The molecular formula is C14H13FN2O3S. The molecule has 5 nitrogen and oxygen atoms in total. The molecule has 3 N–H and O–H groups in total. The van der Waals surface area contributed by atoms with Crippen LogP contribution in [0.1, 0.15) is 20.8 Å². The number of hydrogen-bond donors (Lipinski definition) is 3. The minimum Gasteiger partial charge on any atom is -0.478 e. The van der Waals surface area contributed by atoms with E-state index in [4.69, 9.17) is 5.11 Å². The molecule has 0 bridgehead atoms. The van der Waals surface area contributed by atoms with Gasteiger partial charge in [-0.15, -0.1) is 11.3 Å². The Morgan fingerprint density at radius 3 is 2.71 bits per heavy atom. The first kappa shape index (κ1) is 15.0.